The van der Waals surface area contributed by atoms with Crippen LogP contribution in [0.3, 0.4) is 0 Å². The number of thioether (sulfide) groups is 1. The van der Waals surface area contributed by atoms with Crippen LogP contribution in [0.1, 0.15) is 53.4 Å². The molecule has 17 heavy (non-hydrogen) atoms. The van der Waals surface area contributed by atoms with Crippen LogP contribution in [-0.4, -0.2) is 28.5 Å². The van der Waals surface area contributed by atoms with Gasteiger partial charge in [0.05, 0.1) is 0 Å². The Morgan fingerprint density at radius 2 is 1.82 bits per heavy atom. The molecule has 1 saturated carbocycles. The first kappa shape index (κ1) is 14.9. The Balaban J connectivity index is 2.76. The van der Waals surface area contributed by atoms with Crippen LogP contribution >= 0.6 is 11.8 Å². The summed E-state index contributed by atoms with van der Waals surface area (Å²) >= 11 is 1.46. The fourth-order valence-electron chi connectivity index (χ4n) is 3.09. The lowest BCUT2D eigenvalue weighted by atomic mass is 9.78. The lowest BCUT2D eigenvalue weighted by molar-refractivity contribution is 0.103. The van der Waals surface area contributed by atoms with Gasteiger partial charge in [-0.3, -0.25) is 4.79 Å². The Labute approximate surface area is 111 Å². The molecule has 1 fully saturated rings. The summed E-state index contributed by atoms with van der Waals surface area (Å²) in [4.78, 5) is 14.4. The van der Waals surface area contributed by atoms with Gasteiger partial charge in [-0.25, -0.2) is 0 Å². The van der Waals surface area contributed by atoms with Crippen molar-refractivity contribution in [2.45, 2.75) is 59.4 Å². The summed E-state index contributed by atoms with van der Waals surface area (Å²) < 4.78 is 0. The van der Waals surface area contributed by atoms with Gasteiger partial charge < -0.3 is 4.90 Å². The molecule has 0 saturated heterocycles. The fraction of sp³-hybridized carbons (Fsp3) is 0.929. The molecule has 0 heterocycles. The van der Waals surface area contributed by atoms with Crippen molar-refractivity contribution in [3.63, 3.8) is 0 Å². The summed E-state index contributed by atoms with van der Waals surface area (Å²) in [6, 6.07) is 0.468. The molecule has 0 spiro atoms. The van der Waals surface area contributed by atoms with E-state index in [2.05, 4.69) is 32.6 Å². The summed E-state index contributed by atoms with van der Waals surface area (Å²) in [6.45, 7) is 9.76. The van der Waals surface area contributed by atoms with Crippen molar-refractivity contribution in [2.75, 3.05) is 12.3 Å². The quantitative estimate of drug-likeness (QED) is 0.744. The van der Waals surface area contributed by atoms with Gasteiger partial charge in [0.15, 0.2) is 0 Å². The Bertz CT molecular complexity index is 234. The lowest BCUT2D eigenvalue weighted by Gasteiger charge is -2.42. The number of nitrogens with zero attached hydrogens (tertiary/aromatic N) is 1. The number of amides is 1. The molecule has 0 aromatic rings. The molecule has 1 rings (SSSR count). The van der Waals surface area contributed by atoms with E-state index in [0.29, 0.717) is 23.1 Å². The minimum absolute atomic E-state index is 0.292. The van der Waals surface area contributed by atoms with Crippen LogP contribution < -0.4 is 0 Å². The molecule has 2 nitrogen and oxygen atoms in total. The van der Waals surface area contributed by atoms with E-state index in [1.165, 1.54) is 31.0 Å². The van der Waals surface area contributed by atoms with Gasteiger partial charge in [0.1, 0.15) is 0 Å². The molecule has 0 bridgehead atoms. The van der Waals surface area contributed by atoms with Gasteiger partial charge in [-0.15, -0.1) is 0 Å². The third-order valence-electron chi connectivity index (χ3n) is 3.81. The molecule has 0 aliphatic heterocycles. The van der Waals surface area contributed by atoms with Gasteiger partial charge in [-0.2, -0.15) is 0 Å². The van der Waals surface area contributed by atoms with E-state index in [-0.39, 0.29) is 0 Å². The van der Waals surface area contributed by atoms with Crippen LogP contribution in [-0.2, 0) is 0 Å². The molecule has 100 valence electrons. The maximum Gasteiger partial charge on any atom is 0.281 e. The molecule has 0 radical (unpaired) electrons. The van der Waals surface area contributed by atoms with Gasteiger partial charge in [-0.05, 0) is 36.9 Å². The molecule has 1 amide bonds. The third kappa shape index (κ3) is 3.90. The Hall–Kier alpha value is -0.180. The first-order valence-electron chi connectivity index (χ1n) is 7.05. The second kappa shape index (κ2) is 7.30. The highest BCUT2D eigenvalue weighted by Gasteiger charge is 2.34. The molecule has 2 atom stereocenters. The monoisotopic (exact) mass is 257 g/mol. The van der Waals surface area contributed by atoms with Gasteiger partial charge >= 0.3 is 0 Å². The molecule has 1 aliphatic carbocycles. The second-order valence-electron chi connectivity index (χ2n) is 5.27. The Kier molecular flexibility index (Phi) is 6.39. The first-order chi connectivity index (χ1) is 8.11. The van der Waals surface area contributed by atoms with Crippen LogP contribution in [0.2, 0.25) is 0 Å². The number of hydrogen-bond donors (Lipinski definition) is 0. The SMILES string of the molecule is CCCN(C(=O)SCC)C1C(C)CCCC1C. The van der Waals surface area contributed by atoms with Crippen molar-refractivity contribution in [1.82, 2.24) is 4.90 Å². The molecule has 2 unspecified atom stereocenters. The largest absolute Gasteiger partial charge is 0.330 e. The average Bonchev–Trinajstić information content (AvgIpc) is 2.28. The summed E-state index contributed by atoms with van der Waals surface area (Å²) in [5.74, 6) is 2.20. The van der Waals surface area contributed by atoms with E-state index in [9.17, 15) is 4.79 Å². The van der Waals surface area contributed by atoms with Crippen molar-refractivity contribution in [3.05, 3.63) is 0 Å². The van der Waals surface area contributed by atoms with Crippen LogP contribution in [0.4, 0.5) is 4.79 Å². The van der Waals surface area contributed by atoms with Gasteiger partial charge in [0, 0.05) is 12.6 Å². The summed E-state index contributed by atoms with van der Waals surface area (Å²) in [5.41, 5.74) is 0. The number of hydrogen-bond acceptors (Lipinski definition) is 2. The van der Waals surface area contributed by atoms with Gasteiger partial charge in [0.2, 0.25) is 0 Å². The Morgan fingerprint density at radius 1 is 1.24 bits per heavy atom. The van der Waals surface area contributed by atoms with Crippen LogP contribution in [0.25, 0.3) is 0 Å². The van der Waals surface area contributed by atoms with Crippen molar-refractivity contribution in [1.29, 1.82) is 0 Å². The van der Waals surface area contributed by atoms with E-state index in [1.807, 2.05) is 0 Å². The van der Waals surface area contributed by atoms with Crippen molar-refractivity contribution >= 4 is 17.0 Å². The summed E-state index contributed by atoms with van der Waals surface area (Å²) in [6.07, 6.45) is 4.94. The molecule has 0 aromatic carbocycles. The number of carbonyl (C=O) groups is 1. The standard InChI is InChI=1S/C14H27NOS/c1-5-10-15(14(16)17-6-2)13-11(3)8-7-9-12(13)4/h11-13H,5-10H2,1-4H3. The smallest absolute Gasteiger partial charge is 0.281 e. The zero-order valence-corrected chi connectivity index (χ0v) is 12.6. The zero-order valence-electron chi connectivity index (χ0n) is 11.7. The predicted molar refractivity (Wildman–Crippen MR) is 76.5 cm³/mol. The van der Waals surface area contributed by atoms with E-state index in [1.54, 1.807) is 0 Å². The minimum Gasteiger partial charge on any atom is -0.330 e. The molecule has 0 N–H and O–H groups in total. The highest BCUT2D eigenvalue weighted by atomic mass is 32.2. The van der Waals surface area contributed by atoms with E-state index in [0.717, 1.165) is 18.7 Å². The van der Waals surface area contributed by atoms with E-state index in [4.69, 9.17) is 0 Å². The first-order valence-corrected chi connectivity index (χ1v) is 8.03. The molecule has 0 aromatic heterocycles. The van der Waals surface area contributed by atoms with Crippen molar-refractivity contribution in [2.24, 2.45) is 11.8 Å². The van der Waals surface area contributed by atoms with Gasteiger partial charge in [0.25, 0.3) is 5.24 Å². The molecular formula is C14H27NOS. The minimum atomic E-state index is 0.292. The third-order valence-corrected chi connectivity index (χ3v) is 4.58. The lowest BCUT2D eigenvalue weighted by Crippen LogP contribution is -2.48. The van der Waals surface area contributed by atoms with Crippen LogP contribution in [0.5, 0.6) is 0 Å². The van der Waals surface area contributed by atoms with Crippen LogP contribution in [0.15, 0.2) is 0 Å². The van der Waals surface area contributed by atoms with E-state index >= 15 is 0 Å². The average molecular weight is 257 g/mol. The maximum atomic E-state index is 12.2. The molecular weight excluding hydrogens is 230 g/mol. The highest BCUT2D eigenvalue weighted by Crippen LogP contribution is 2.34. The summed E-state index contributed by atoms with van der Waals surface area (Å²) in [5, 5.41) is 0.292. The van der Waals surface area contributed by atoms with Gasteiger partial charge in [-0.1, -0.05) is 45.9 Å². The van der Waals surface area contributed by atoms with Crippen molar-refractivity contribution < 1.29 is 4.79 Å². The number of carbonyl (C=O) groups excluding carboxylic acids is 1. The normalized spacial score (nSPS) is 29.1. The van der Waals surface area contributed by atoms with Crippen LogP contribution in [0, 0.1) is 11.8 Å². The fourth-order valence-corrected chi connectivity index (χ4v) is 3.71. The molecule has 1 aliphatic rings. The Morgan fingerprint density at radius 3 is 2.29 bits per heavy atom. The predicted octanol–water partition coefficient (Wildman–Crippen LogP) is 4.40. The van der Waals surface area contributed by atoms with Crippen molar-refractivity contribution in [3.8, 4) is 0 Å². The second-order valence-corrected chi connectivity index (χ2v) is 6.48. The topological polar surface area (TPSA) is 20.3 Å². The highest BCUT2D eigenvalue weighted by molar-refractivity contribution is 8.13. The maximum absolute atomic E-state index is 12.2. The zero-order chi connectivity index (χ0) is 12.8. The van der Waals surface area contributed by atoms with E-state index < -0.39 is 0 Å². The number of rotatable bonds is 4. The molecule has 3 heteroatoms. The summed E-state index contributed by atoms with van der Waals surface area (Å²) in [7, 11) is 0.